The van der Waals surface area contributed by atoms with E-state index >= 15 is 0 Å². The molecule has 0 spiro atoms. The molecule has 0 saturated carbocycles. The molecule has 0 aliphatic rings. The molecule has 0 fully saturated rings. The van der Waals surface area contributed by atoms with Crippen molar-refractivity contribution in [2.45, 2.75) is 25.4 Å². The van der Waals surface area contributed by atoms with Crippen molar-refractivity contribution in [1.29, 1.82) is 0 Å². The van der Waals surface area contributed by atoms with Gasteiger partial charge in [-0.1, -0.05) is 13.8 Å². The van der Waals surface area contributed by atoms with Gasteiger partial charge >= 0.3 is 5.97 Å². The first-order valence-corrected chi connectivity index (χ1v) is 8.59. The van der Waals surface area contributed by atoms with Crippen LogP contribution in [-0.2, 0) is 19.6 Å². The maximum atomic E-state index is 12.0. The minimum Gasteiger partial charge on any atom is -0.469 e. The number of methoxy groups -OCH3 is 1. The third-order valence-corrected chi connectivity index (χ3v) is 4.42. The van der Waals surface area contributed by atoms with Gasteiger partial charge < -0.3 is 14.5 Å². The van der Waals surface area contributed by atoms with Crippen molar-refractivity contribution in [3.05, 3.63) is 17.9 Å². The van der Waals surface area contributed by atoms with Gasteiger partial charge in [0.25, 0.3) is 15.9 Å². The number of ether oxygens (including phenoxy) is 1. The van der Waals surface area contributed by atoms with E-state index in [2.05, 4.69) is 10.0 Å². The van der Waals surface area contributed by atoms with Gasteiger partial charge in [-0.3, -0.25) is 9.59 Å². The van der Waals surface area contributed by atoms with Crippen molar-refractivity contribution < 1.29 is 27.2 Å². The highest BCUT2D eigenvalue weighted by Gasteiger charge is 2.23. The Balaban J connectivity index is 2.74. The summed E-state index contributed by atoms with van der Waals surface area (Å²) in [4.78, 5) is 23.7. The van der Waals surface area contributed by atoms with Gasteiger partial charge in [0.05, 0.1) is 13.0 Å². The van der Waals surface area contributed by atoms with E-state index in [1.54, 1.807) is 0 Å². The molecule has 2 N–H and O–H groups in total. The van der Waals surface area contributed by atoms with Crippen LogP contribution < -0.4 is 10.0 Å². The van der Waals surface area contributed by atoms with Crippen LogP contribution in [0, 0.1) is 11.8 Å². The largest absolute Gasteiger partial charge is 0.469 e. The Morgan fingerprint density at radius 2 is 1.96 bits per heavy atom. The van der Waals surface area contributed by atoms with Gasteiger partial charge in [0.2, 0.25) is 5.09 Å². The highest BCUT2D eigenvalue weighted by atomic mass is 32.2. The smallest absolute Gasteiger partial charge is 0.310 e. The average Bonchev–Trinajstić information content (AvgIpc) is 3.00. The Hall–Kier alpha value is -1.87. The van der Waals surface area contributed by atoms with Gasteiger partial charge in [0, 0.05) is 6.54 Å². The van der Waals surface area contributed by atoms with Crippen LogP contribution in [0.1, 0.15) is 30.8 Å². The number of carbonyl (C=O) groups is 2. The third-order valence-electron chi connectivity index (χ3n) is 3.14. The Morgan fingerprint density at radius 1 is 1.30 bits per heavy atom. The molecular weight excluding hydrogens is 324 g/mol. The van der Waals surface area contributed by atoms with Crippen LogP contribution in [0.25, 0.3) is 0 Å². The van der Waals surface area contributed by atoms with E-state index in [0.29, 0.717) is 6.42 Å². The fourth-order valence-electron chi connectivity index (χ4n) is 1.99. The molecule has 1 atom stereocenters. The van der Waals surface area contributed by atoms with Crippen LogP contribution in [-0.4, -0.2) is 41.0 Å². The zero-order valence-electron chi connectivity index (χ0n) is 13.6. The van der Waals surface area contributed by atoms with E-state index in [0.717, 1.165) is 0 Å². The summed E-state index contributed by atoms with van der Waals surface area (Å²) >= 11 is 0. The number of esters is 1. The first kappa shape index (κ1) is 19.2. The molecule has 0 aliphatic carbocycles. The van der Waals surface area contributed by atoms with Gasteiger partial charge in [-0.25, -0.2) is 13.1 Å². The van der Waals surface area contributed by atoms with E-state index < -0.39 is 27.8 Å². The van der Waals surface area contributed by atoms with Crippen molar-refractivity contribution in [2.24, 2.45) is 11.8 Å². The number of rotatable bonds is 8. The van der Waals surface area contributed by atoms with E-state index in [9.17, 15) is 18.0 Å². The van der Waals surface area contributed by atoms with Crippen molar-refractivity contribution in [2.75, 3.05) is 20.7 Å². The Kier molecular flexibility index (Phi) is 6.77. The molecule has 1 heterocycles. The van der Waals surface area contributed by atoms with Gasteiger partial charge in [0.15, 0.2) is 5.76 Å². The second-order valence-electron chi connectivity index (χ2n) is 5.39. The van der Waals surface area contributed by atoms with E-state index in [1.165, 1.54) is 26.3 Å². The van der Waals surface area contributed by atoms with Crippen LogP contribution in [0.3, 0.4) is 0 Å². The summed E-state index contributed by atoms with van der Waals surface area (Å²) in [6.07, 6.45) is 0.560. The summed E-state index contributed by atoms with van der Waals surface area (Å²) in [5.74, 6) is -1.37. The van der Waals surface area contributed by atoms with Crippen molar-refractivity contribution in [1.82, 2.24) is 10.0 Å². The number of furan rings is 1. The Labute approximate surface area is 135 Å². The average molecular weight is 346 g/mol. The molecule has 9 heteroatoms. The molecule has 0 radical (unpaired) electrons. The van der Waals surface area contributed by atoms with Gasteiger partial charge in [-0.2, -0.15) is 0 Å². The zero-order chi connectivity index (χ0) is 17.6. The second kappa shape index (κ2) is 8.11. The number of hydrogen-bond acceptors (Lipinski definition) is 6. The maximum Gasteiger partial charge on any atom is 0.310 e. The second-order valence-corrected chi connectivity index (χ2v) is 7.20. The van der Waals surface area contributed by atoms with E-state index in [-0.39, 0.29) is 23.3 Å². The van der Waals surface area contributed by atoms with Gasteiger partial charge in [0.1, 0.15) is 0 Å². The number of amides is 1. The van der Waals surface area contributed by atoms with Crippen molar-refractivity contribution in [3.63, 3.8) is 0 Å². The number of hydrogen-bond donors (Lipinski definition) is 2. The summed E-state index contributed by atoms with van der Waals surface area (Å²) in [7, 11) is -1.22. The molecule has 23 heavy (non-hydrogen) atoms. The lowest BCUT2D eigenvalue weighted by Crippen LogP contribution is -2.34. The molecule has 0 aliphatic heterocycles. The SMILES string of the molecule is CNS(=O)(=O)c1ccc(C(=O)NC[C@@H](CC(C)C)C(=O)OC)o1. The van der Waals surface area contributed by atoms with Crippen LogP contribution in [0.4, 0.5) is 0 Å². The molecular formula is C14H22N2O6S. The number of nitrogens with one attached hydrogen (secondary N) is 2. The van der Waals surface area contributed by atoms with Crippen LogP contribution in [0.2, 0.25) is 0 Å². The molecule has 1 amide bonds. The third kappa shape index (κ3) is 5.36. The van der Waals surface area contributed by atoms with Crippen LogP contribution in [0.15, 0.2) is 21.6 Å². The summed E-state index contributed by atoms with van der Waals surface area (Å²) < 4.78 is 34.9. The lowest BCUT2D eigenvalue weighted by Gasteiger charge is -2.16. The van der Waals surface area contributed by atoms with Crippen LogP contribution in [0.5, 0.6) is 0 Å². The fourth-order valence-corrected chi connectivity index (χ4v) is 2.64. The van der Waals surface area contributed by atoms with E-state index in [1.807, 2.05) is 13.8 Å². The first-order valence-electron chi connectivity index (χ1n) is 7.10. The van der Waals surface area contributed by atoms with Crippen molar-refractivity contribution in [3.8, 4) is 0 Å². The number of sulfonamides is 1. The first-order chi connectivity index (χ1) is 10.7. The maximum absolute atomic E-state index is 12.0. The molecule has 0 saturated heterocycles. The minimum absolute atomic E-state index is 0.0818. The standard InChI is InChI=1S/C14H22N2O6S/c1-9(2)7-10(14(18)21-4)8-16-13(17)11-5-6-12(22-11)23(19,20)15-3/h5-6,9-10,15H,7-8H2,1-4H3,(H,16,17)/t10-/m1/s1. The van der Waals surface area contributed by atoms with Gasteiger partial charge in [-0.15, -0.1) is 0 Å². The molecule has 8 nitrogen and oxygen atoms in total. The predicted molar refractivity (Wildman–Crippen MR) is 82.2 cm³/mol. The highest BCUT2D eigenvalue weighted by Crippen LogP contribution is 2.15. The quantitative estimate of drug-likeness (QED) is 0.671. The normalized spacial score (nSPS) is 12.9. The Morgan fingerprint density at radius 3 is 2.48 bits per heavy atom. The fraction of sp³-hybridized carbons (Fsp3) is 0.571. The topological polar surface area (TPSA) is 115 Å². The molecule has 0 unspecified atom stereocenters. The summed E-state index contributed by atoms with van der Waals surface area (Å²) in [6.45, 7) is 4.00. The summed E-state index contributed by atoms with van der Waals surface area (Å²) in [6, 6.07) is 2.45. The monoisotopic (exact) mass is 346 g/mol. The lowest BCUT2D eigenvalue weighted by molar-refractivity contribution is -0.145. The van der Waals surface area contributed by atoms with Crippen LogP contribution >= 0.6 is 0 Å². The van der Waals surface area contributed by atoms with Gasteiger partial charge in [-0.05, 0) is 31.5 Å². The zero-order valence-corrected chi connectivity index (χ0v) is 14.4. The summed E-state index contributed by atoms with van der Waals surface area (Å²) in [5, 5.41) is 2.20. The van der Waals surface area contributed by atoms with Crippen molar-refractivity contribution >= 4 is 21.9 Å². The number of carbonyl (C=O) groups excluding carboxylic acids is 2. The molecule has 1 rings (SSSR count). The molecule has 0 aromatic carbocycles. The minimum atomic E-state index is -3.75. The molecule has 1 aromatic rings. The predicted octanol–water partition coefficient (Wildman–Crippen LogP) is 0.753. The molecule has 0 bridgehead atoms. The van der Waals surface area contributed by atoms with E-state index in [4.69, 9.17) is 9.15 Å². The summed E-state index contributed by atoms with van der Waals surface area (Å²) in [5.41, 5.74) is 0. The molecule has 1 aromatic heterocycles. The highest BCUT2D eigenvalue weighted by molar-refractivity contribution is 7.89. The lowest BCUT2D eigenvalue weighted by atomic mass is 9.97. The molecule has 130 valence electrons. The Bertz CT molecular complexity index is 650.